The lowest BCUT2D eigenvalue weighted by atomic mass is 9.77. The maximum atomic E-state index is 13.4. The molecule has 7 rings (SSSR count). The molecule has 1 spiro atoms. The Morgan fingerprint density at radius 3 is 2.64 bits per heavy atom. The van der Waals surface area contributed by atoms with Crippen LogP contribution in [0.2, 0.25) is 0 Å². The third-order valence-electron chi connectivity index (χ3n) is 8.74. The molecule has 1 N–H and O–H groups in total. The van der Waals surface area contributed by atoms with Crippen LogP contribution in [0.5, 0.6) is 0 Å². The predicted octanol–water partition coefficient (Wildman–Crippen LogP) is 5.40. The van der Waals surface area contributed by atoms with E-state index in [4.69, 9.17) is 4.74 Å². The van der Waals surface area contributed by atoms with Gasteiger partial charge in [0.1, 0.15) is 17.8 Å². The maximum absolute atomic E-state index is 13.4. The number of halogens is 3. The van der Waals surface area contributed by atoms with Crippen LogP contribution in [0.15, 0.2) is 43.1 Å². The maximum Gasteiger partial charge on any atom is 0.396 e. The van der Waals surface area contributed by atoms with Crippen molar-refractivity contribution in [3.05, 3.63) is 54.5 Å². The number of piperidine rings is 1. The Kier molecular flexibility index (Phi) is 7.03. The summed E-state index contributed by atoms with van der Waals surface area (Å²) in [5, 5.41) is 12.3. The topological polar surface area (TPSA) is 116 Å². The molecule has 2 saturated heterocycles. The number of nitrogens with one attached hydrogen (secondary N) is 1. The van der Waals surface area contributed by atoms with Crippen LogP contribution in [0.1, 0.15) is 54.7 Å². The second-order valence-electron chi connectivity index (χ2n) is 11.8. The third kappa shape index (κ3) is 5.38. The molecule has 4 aromatic rings. The number of nitrogens with zero attached hydrogens (tertiary/aromatic N) is 8. The van der Waals surface area contributed by atoms with E-state index in [2.05, 4.69) is 41.9 Å². The Morgan fingerprint density at radius 1 is 1.18 bits per heavy atom. The van der Waals surface area contributed by atoms with Gasteiger partial charge in [-0.25, -0.2) is 15.0 Å². The second-order valence-corrected chi connectivity index (χ2v) is 12.6. The summed E-state index contributed by atoms with van der Waals surface area (Å²) < 4.78 is 48.5. The number of ether oxygens (including phenoxy) is 1. The Balaban J connectivity index is 1.12. The second kappa shape index (κ2) is 10.8. The Hall–Kier alpha value is -4.11. The van der Waals surface area contributed by atoms with Crippen molar-refractivity contribution in [2.75, 3.05) is 36.5 Å². The van der Waals surface area contributed by atoms with Gasteiger partial charge in [-0.1, -0.05) is 6.58 Å². The molecule has 3 aliphatic rings. The molecule has 4 aromatic heterocycles. The summed E-state index contributed by atoms with van der Waals surface area (Å²) in [5.74, 6) is -1.48. The molecule has 11 nitrogen and oxygen atoms in total. The molecule has 1 unspecified atom stereocenters. The number of rotatable bonds is 8. The molecule has 1 aliphatic carbocycles. The zero-order valence-electron chi connectivity index (χ0n) is 23.9. The molecule has 2 aliphatic heterocycles. The number of aromatic nitrogens is 7. The monoisotopic (exact) mass is 625 g/mol. The fraction of sp³-hybridized carbons (Fsp3) is 0.448. The Labute approximate surface area is 254 Å². The highest BCUT2D eigenvalue weighted by Gasteiger charge is 2.42. The number of carbonyl (C=O) groups is 1. The van der Waals surface area contributed by atoms with Crippen LogP contribution in [0, 0.1) is 11.3 Å². The minimum Gasteiger partial charge on any atom is -0.380 e. The summed E-state index contributed by atoms with van der Waals surface area (Å²) in [4.78, 5) is 29.2. The van der Waals surface area contributed by atoms with Crippen molar-refractivity contribution in [2.45, 2.75) is 44.7 Å². The van der Waals surface area contributed by atoms with Gasteiger partial charge >= 0.3 is 6.18 Å². The van der Waals surface area contributed by atoms with Gasteiger partial charge in [-0.3, -0.25) is 9.36 Å². The van der Waals surface area contributed by atoms with Gasteiger partial charge < -0.3 is 19.5 Å². The van der Waals surface area contributed by atoms with Gasteiger partial charge in [0, 0.05) is 41.7 Å². The highest BCUT2D eigenvalue weighted by Crippen LogP contribution is 2.42. The zero-order chi connectivity index (χ0) is 30.6. The molecule has 1 atom stereocenters. The average Bonchev–Trinajstić information content (AvgIpc) is 3.36. The van der Waals surface area contributed by atoms with Gasteiger partial charge in [-0.2, -0.15) is 13.2 Å². The number of imidazole rings is 1. The van der Waals surface area contributed by atoms with Crippen molar-refractivity contribution in [1.29, 1.82) is 0 Å². The SMILES string of the molecule is C=C(C(C)C(F)(F)F)n1cnnc1-c1nc(NC(=O)c2cc(-n3cnc(C4CC4)c3)c(N3CCC4(CC3)COC4)cn2)cs1. The van der Waals surface area contributed by atoms with E-state index in [0.29, 0.717) is 5.92 Å². The van der Waals surface area contributed by atoms with E-state index in [1.54, 1.807) is 24.0 Å². The van der Waals surface area contributed by atoms with Crippen LogP contribution in [0.25, 0.3) is 22.2 Å². The van der Waals surface area contributed by atoms with Crippen molar-refractivity contribution in [3.63, 3.8) is 0 Å². The molecule has 0 aromatic carbocycles. The predicted molar refractivity (Wildman–Crippen MR) is 158 cm³/mol. The molecule has 3 fully saturated rings. The van der Waals surface area contributed by atoms with Gasteiger partial charge in [0.15, 0.2) is 10.8 Å². The van der Waals surface area contributed by atoms with Crippen molar-refractivity contribution in [3.8, 4) is 16.5 Å². The number of hydrogen-bond donors (Lipinski definition) is 1. The van der Waals surface area contributed by atoms with Crippen LogP contribution in [0.4, 0.5) is 24.7 Å². The smallest absolute Gasteiger partial charge is 0.380 e. The molecule has 0 radical (unpaired) electrons. The average molecular weight is 626 g/mol. The number of carbonyl (C=O) groups excluding carboxylic acids is 1. The summed E-state index contributed by atoms with van der Waals surface area (Å²) in [6, 6.07) is 1.76. The van der Waals surface area contributed by atoms with Crippen LogP contribution in [-0.2, 0) is 4.74 Å². The van der Waals surface area contributed by atoms with E-state index in [-0.39, 0.29) is 33.5 Å². The number of anilines is 2. The highest BCUT2D eigenvalue weighted by molar-refractivity contribution is 7.13. The molecule has 1 saturated carbocycles. The van der Waals surface area contributed by atoms with E-state index in [1.807, 2.05) is 10.8 Å². The van der Waals surface area contributed by atoms with Gasteiger partial charge in [-0.05, 0) is 38.7 Å². The highest BCUT2D eigenvalue weighted by atomic mass is 32.1. The van der Waals surface area contributed by atoms with Crippen LogP contribution >= 0.6 is 11.3 Å². The van der Waals surface area contributed by atoms with Gasteiger partial charge in [0.2, 0.25) is 0 Å². The number of alkyl halides is 3. The summed E-state index contributed by atoms with van der Waals surface area (Å²) in [6.07, 6.45) is 6.58. The molecule has 44 heavy (non-hydrogen) atoms. The number of thiazole rings is 1. The lowest BCUT2D eigenvalue weighted by molar-refractivity contribution is -0.154. The number of hydrogen-bond acceptors (Lipinski definition) is 9. The van der Waals surface area contributed by atoms with Crippen molar-refractivity contribution in [2.24, 2.45) is 11.3 Å². The van der Waals surface area contributed by atoms with Crippen LogP contribution < -0.4 is 10.2 Å². The van der Waals surface area contributed by atoms with Crippen LogP contribution in [-0.4, -0.2) is 72.7 Å². The normalized spacial score (nSPS) is 18.7. The van der Waals surface area contributed by atoms with E-state index in [0.717, 1.165) is 91.9 Å². The lowest BCUT2D eigenvalue weighted by Crippen LogP contribution is -2.51. The Bertz CT molecular complexity index is 1710. The number of amides is 1. The Morgan fingerprint density at radius 2 is 1.95 bits per heavy atom. The molecular formula is C29H30F3N9O2S. The molecule has 0 bridgehead atoms. The van der Waals surface area contributed by atoms with Crippen molar-refractivity contribution >= 4 is 34.4 Å². The first-order valence-corrected chi connectivity index (χ1v) is 15.3. The zero-order valence-corrected chi connectivity index (χ0v) is 24.7. The summed E-state index contributed by atoms with van der Waals surface area (Å²) >= 11 is 1.11. The summed E-state index contributed by atoms with van der Waals surface area (Å²) in [7, 11) is 0. The molecule has 15 heteroatoms. The van der Waals surface area contributed by atoms with Crippen molar-refractivity contribution in [1.82, 2.24) is 34.3 Å². The quantitative estimate of drug-likeness (QED) is 0.277. The first kappa shape index (κ1) is 28.6. The first-order chi connectivity index (χ1) is 21.1. The number of allylic oxidation sites excluding steroid dienone is 1. The molecule has 6 heterocycles. The van der Waals surface area contributed by atoms with Crippen LogP contribution in [0.3, 0.4) is 0 Å². The van der Waals surface area contributed by atoms with Gasteiger partial charge in [0.25, 0.3) is 5.91 Å². The largest absolute Gasteiger partial charge is 0.396 e. The third-order valence-corrected chi connectivity index (χ3v) is 9.58. The minimum atomic E-state index is -4.47. The van der Waals surface area contributed by atoms with Gasteiger partial charge in [-0.15, -0.1) is 21.5 Å². The van der Waals surface area contributed by atoms with E-state index < -0.39 is 18.0 Å². The van der Waals surface area contributed by atoms with Gasteiger partial charge in [0.05, 0.1) is 48.7 Å². The standard InChI is InChI=1S/C29H30F3N9O2S/c1-17(29(30,31)32)18(2)41-16-35-38-25(41)27-37-24(12-44-27)36-26(42)20-9-22(40-11-21(34-15-40)19-3-4-19)23(10-33-20)39-7-5-28(6-8-39)13-43-14-28/h9-12,15-17,19H,2-8,13-14H2,1H3,(H,36,42). The summed E-state index contributed by atoms with van der Waals surface area (Å²) in [6.45, 7) is 7.98. The first-order valence-electron chi connectivity index (χ1n) is 14.4. The lowest BCUT2D eigenvalue weighted by Gasteiger charge is -2.48. The summed E-state index contributed by atoms with van der Waals surface area (Å²) in [5.41, 5.74) is 3.02. The van der Waals surface area contributed by atoms with E-state index >= 15 is 0 Å². The van der Waals surface area contributed by atoms with E-state index in [1.165, 1.54) is 6.33 Å². The van der Waals surface area contributed by atoms with Crippen molar-refractivity contribution < 1.29 is 22.7 Å². The minimum absolute atomic E-state index is 0.102. The molecule has 230 valence electrons. The molecular weight excluding hydrogens is 595 g/mol. The molecule has 1 amide bonds. The number of pyridine rings is 1. The van der Waals surface area contributed by atoms with E-state index in [9.17, 15) is 18.0 Å². The fourth-order valence-electron chi connectivity index (χ4n) is 5.58. The fourth-order valence-corrected chi connectivity index (χ4v) is 6.31.